The molecule has 0 radical (unpaired) electrons. The van der Waals surface area contributed by atoms with Gasteiger partial charge in [0.1, 0.15) is 0 Å². The molecule has 0 saturated heterocycles. The van der Waals surface area contributed by atoms with Crippen molar-refractivity contribution in [2.24, 2.45) is 0 Å². The van der Waals surface area contributed by atoms with Crippen LogP contribution in [0.1, 0.15) is 27.3 Å². The molecule has 0 aliphatic heterocycles. The zero-order valence-electron chi connectivity index (χ0n) is 10.7. The highest BCUT2D eigenvalue weighted by Crippen LogP contribution is 2.27. The van der Waals surface area contributed by atoms with Crippen LogP contribution in [0.15, 0.2) is 35.7 Å². The van der Waals surface area contributed by atoms with Crippen LogP contribution in [0.2, 0.25) is 0 Å². The normalized spacial score (nSPS) is 10.8. The highest BCUT2D eigenvalue weighted by atomic mass is 32.1. The predicted molar refractivity (Wildman–Crippen MR) is 76.8 cm³/mol. The fourth-order valence-corrected chi connectivity index (χ4v) is 3.01. The maximum atomic E-state index is 12.7. The number of thiophene rings is 1. The second-order valence-electron chi connectivity index (χ2n) is 4.46. The highest BCUT2D eigenvalue weighted by molar-refractivity contribution is 7.17. The van der Waals surface area contributed by atoms with Crippen molar-refractivity contribution in [3.63, 3.8) is 0 Å². The molecular formula is C15H12N2OS. The van der Waals surface area contributed by atoms with E-state index in [4.69, 9.17) is 0 Å². The summed E-state index contributed by atoms with van der Waals surface area (Å²) in [5, 5.41) is 11.1. The Morgan fingerprint density at radius 1 is 1.11 bits per heavy atom. The molecule has 0 spiro atoms. The standard InChI is InChI=1S/C15H12N2OS/c1-9-8-13(10(2)17-16-9)14(18)12-5-3-4-11-6-7-19-15(11)12/h3-8H,1-2H3. The van der Waals surface area contributed by atoms with Gasteiger partial charge in [-0.3, -0.25) is 4.79 Å². The SMILES string of the molecule is Cc1cc(C(=O)c2cccc3ccsc23)c(C)nn1. The highest BCUT2D eigenvalue weighted by Gasteiger charge is 2.16. The number of benzene rings is 1. The Morgan fingerprint density at radius 2 is 1.95 bits per heavy atom. The van der Waals surface area contributed by atoms with Gasteiger partial charge in [0, 0.05) is 15.8 Å². The van der Waals surface area contributed by atoms with Gasteiger partial charge in [-0.05, 0) is 42.8 Å². The average Bonchev–Trinajstić information content (AvgIpc) is 2.89. The van der Waals surface area contributed by atoms with Gasteiger partial charge in [0.25, 0.3) is 0 Å². The van der Waals surface area contributed by atoms with Crippen molar-refractivity contribution in [1.29, 1.82) is 0 Å². The third kappa shape index (κ3) is 2.04. The lowest BCUT2D eigenvalue weighted by molar-refractivity contribution is 0.103. The lowest BCUT2D eigenvalue weighted by Gasteiger charge is -2.05. The fraction of sp³-hybridized carbons (Fsp3) is 0.133. The minimum atomic E-state index is 0.0172. The number of aryl methyl sites for hydroxylation is 2. The van der Waals surface area contributed by atoms with Gasteiger partial charge >= 0.3 is 0 Å². The molecule has 2 heterocycles. The maximum Gasteiger partial charge on any atom is 0.196 e. The molecule has 0 N–H and O–H groups in total. The Kier molecular flexibility index (Phi) is 2.87. The Morgan fingerprint density at radius 3 is 2.79 bits per heavy atom. The summed E-state index contributed by atoms with van der Waals surface area (Å²) < 4.78 is 1.03. The Hall–Kier alpha value is -2.07. The monoisotopic (exact) mass is 268 g/mol. The number of hydrogen-bond donors (Lipinski definition) is 0. The van der Waals surface area contributed by atoms with Crippen LogP contribution in [-0.2, 0) is 0 Å². The third-order valence-electron chi connectivity index (χ3n) is 3.07. The molecule has 0 bridgehead atoms. The number of aromatic nitrogens is 2. The molecule has 0 amide bonds. The summed E-state index contributed by atoms with van der Waals surface area (Å²) in [5.74, 6) is 0.0172. The first kappa shape index (κ1) is 12.0. The minimum absolute atomic E-state index is 0.0172. The second kappa shape index (κ2) is 4.55. The number of carbonyl (C=O) groups excluding carboxylic acids is 1. The first-order valence-electron chi connectivity index (χ1n) is 5.98. The molecular weight excluding hydrogens is 256 g/mol. The van der Waals surface area contributed by atoms with Crippen LogP contribution < -0.4 is 0 Å². The van der Waals surface area contributed by atoms with Crippen LogP contribution in [0.4, 0.5) is 0 Å². The number of hydrogen-bond acceptors (Lipinski definition) is 4. The summed E-state index contributed by atoms with van der Waals surface area (Å²) in [7, 11) is 0. The molecule has 0 saturated carbocycles. The second-order valence-corrected chi connectivity index (χ2v) is 5.37. The predicted octanol–water partition coefficient (Wildman–Crippen LogP) is 3.54. The van der Waals surface area contributed by atoms with Crippen molar-refractivity contribution in [3.8, 4) is 0 Å². The maximum absolute atomic E-state index is 12.7. The summed E-state index contributed by atoms with van der Waals surface area (Å²) in [6.45, 7) is 3.66. The van der Waals surface area contributed by atoms with E-state index in [1.807, 2.05) is 43.5 Å². The van der Waals surface area contributed by atoms with E-state index in [2.05, 4.69) is 10.2 Å². The van der Waals surface area contributed by atoms with Gasteiger partial charge < -0.3 is 0 Å². The number of carbonyl (C=O) groups is 1. The van der Waals surface area contributed by atoms with Gasteiger partial charge in [-0.25, -0.2) is 0 Å². The molecule has 19 heavy (non-hydrogen) atoms. The first-order chi connectivity index (χ1) is 9.16. The molecule has 0 fully saturated rings. The van der Waals surface area contributed by atoms with Crippen LogP contribution in [-0.4, -0.2) is 16.0 Å². The topological polar surface area (TPSA) is 42.9 Å². The van der Waals surface area contributed by atoms with Gasteiger partial charge in [-0.2, -0.15) is 10.2 Å². The fourth-order valence-electron chi connectivity index (χ4n) is 2.10. The third-order valence-corrected chi connectivity index (χ3v) is 4.03. The lowest BCUT2D eigenvalue weighted by atomic mass is 10.0. The number of fused-ring (bicyclic) bond motifs is 1. The van der Waals surface area contributed by atoms with Crippen LogP contribution in [0.3, 0.4) is 0 Å². The quantitative estimate of drug-likeness (QED) is 0.668. The van der Waals surface area contributed by atoms with E-state index in [1.165, 1.54) is 0 Å². The van der Waals surface area contributed by atoms with Crippen molar-refractivity contribution in [1.82, 2.24) is 10.2 Å². The minimum Gasteiger partial charge on any atom is -0.288 e. The summed E-state index contributed by atoms with van der Waals surface area (Å²) >= 11 is 1.59. The van der Waals surface area contributed by atoms with Crippen LogP contribution in [0.5, 0.6) is 0 Å². The molecule has 0 atom stereocenters. The molecule has 0 aliphatic rings. The molecule has 4 heteroatoms. The van der Waals surface area contributed by atoms with Crippen molar-refractivity contribution >= 4 is 27.2 Å². The van der Waals surface area contributed by atoms with E-state index < -0.39 is 0 Å². The van der Waals surface area contributed by atoms with E-state index in [0.29, 0.717) is 11.3 Å². The van der Waals surface area contributed by atoms with Gasteiger partial charge in [0.2, 0.25) is 0 Å². The van der Waals surface area contributed by atoms with E-state index >= 15 is 0 Å². The molecule has 94 valence electrons. The molecule has 0 aliphatic carbocycles. The molecule has 1 aromatic carbocycles. The summed E-state index contributed by atoms with van der Waals surface area (Å²) in [5.41, 5.74) is 2.80. The van der Waals surface area contributed by atoms with E-state index in [-0.39, 0.29) is 5.78 Å². The van der Waals surface area contributed by atoms with E-state index in [0.717, 1.165) is 21.3 Å². The van der Waals surface area contributed by atoms with Crippen LogP contribution in [0, 0.1) is 13.8 Å². The first-order valence-corrected chi connectivity index (χ1v) is 6.86. The molecule has 0 unspecified atom stereocenters. The lowest BCUT2D eigenvalue weighted by Crippen LogP contribution is -2.07. The van der Waals surface area contributed by atoms with Crippen molar-refractivity contribution in [2.75, 3.05) is 0 Å². The zero-order valence-corrected chi connectivity index (χ0v) is 11.5. The Balaban J connectivity index is 2.19. The van der Waals surface area contributed by atoms with Crippen molar-refractivity contribution in [3.05, 3.63) is 58.2 Å². The van der Waals surface area contributed by atoms with Gasteiger partial charge in [0.15, 0.2) is 5.78 Å². The van der Waals surface area contributed by atoms with Gasteiger partial charge in [-0.1, -0.05) is 12.1 Å². The summed E-state index contributed by atoms with van der Waals surface area (Å²) in [4.78, 5) is 12.7. The van der Waals surface area contributed by atoms with Gasteiger partial charge in [-0.15, -0.1) is 11.3 Å². The molecule has 3 nitrogen and oxygen atoms in total. The Labute approximate surface area is 114 Å². The smallest absolute Gasteiger partial charge is 0.196 e. The number of nitrogens with zero attached hydrogens (tertiary/aromatic N) is 2. The Bertz CT molecular complexity index is 777. The van der Waals surface area contributed by atoms with Gasteiger partial charge in [0.05, 0.1) is 11.4 Å². The molecule has 2 aromatic heterocycles. The zero-order chi connectivity index (χ0) is 13.4. The average molecular weight is 268 g/mol. The molecule has 3 rings (SSSR count). The van der Waals surface area contributed by atoms with Crippen LogP contribution >= 0.6 is 11.3 Å². The van der Waals surface area contributed by atoms with Crippen molar-refractivity contribution < 1.29 is 4.79 Å². The summed E-state index contributed by atoms with van der Waals surface area (Å²) in [6.07, 6.45) is 0. The largest absolute Gasteiger partial charge is 0.288 e. The van der Waals surface area contributed by atoms with E-state index in [9.17, 15) is 4.79 Å². The number of rotatable bonds is 2. The number of ketones is 1. The van der Waals surface area contributed by atoms with Crippen LogP contribution in [0.25, 0.3) is 10.1 Å². The van der Waals surface area contributed by atoms with E-state index in [1.54, 1.807) is 17.4 Å². The van der Waals surface area contributed by atoms with Crippen molar-refractivity contribution in [2.45, 2.75) is 13.8 Å². The molecule has 3 aromatic rings. The summed E-state index contributed by atoms with van der Waals surface area (Å²) in [6, 6.07) is 9.64.